The fraction of sp³-hybridized carbons (Fsp3) is 0.235. The summed E-state index contributed by atoms with van der Waals surface area (Å²) in [6.45, 7) is 0. The van der Waals surface area contributed by atoms with Gasteiger partial charge in [-0.2, -0.15) is 0 Å². The van der Waals surface area contributed by atoms with Gasteiger partial charge in [0.15, 0.2) is 0 Å². The summed E-state index contributed by atoms with van der Waals surface area (Å²) < 4.78 is 32.5. The topological polar surface area (TPSA) is 84.5 Å². The summed E-state index contributed by atoms with van der Waals surface area (Å²) in [7, 11) is -2.28. The average molecular weight is 415 g/mol. The maximum atomic E-state index is 12.5. The van der Waals surface area contributed by atoms with E-state index < -0.39 is 15.9 Å². The number of halogens is 2. The van der Waals surface area contributed by atoms with Crippen LogP contribution >= 0.6 is 23.2 Å². The average Bonchev–Trinajstić information content (AvgIpc) is 3.38. The third-order valence-corrected chi connectivity index (χ3v) is 6.10. The van der Waals surface area contributed by atoms with E-state index in [1.165, 1.54) is 12.1 Å². The summed E-state index contributed by atoms with van der Waals surface area (Å²) in [5, 5.41) is 2.69. The second-order valence-corrected chi connectivity index (χ2v) is 8.34. The van der Waals surface area contributed by atoms with Gasteiger partial charge < -0.3 is 10.1 Å². The van der Waals surface area contributed by atoms with Gasteiger partial charge in [0.2, 0.25) is 10.0 Å². The number of carbonyl (C=O) groups excluding carboxylic acids is 1. The predicted molar refractivity (Wildman–Crippen MR) is 101 cm³/mol. The molecular formula is C17H16Cl2N2O4S. The first-order chi connectivity index (χ1) is 12.3. The molecule has 0 aliphatic heterocycles. The minimum atomic E-state index is -3.82. The molecule has 0 atom stereocenters. The van der Waals surface area contributed by atoms with Crippen LogP contribution in [0.25, 0.3) is 0 Å². The molecule has 1 fully saturated rings. The number of ether oxygens (including phenoxy) is 1. The van der Waals surface area contributed by atoms with Crippen LogP contribution in [-0.2, 0) is 10.0 Å². The molecule has 0 radical (unpaired) electrons. The molecule has 26 heavy (non-hydrogen) atoms. The maximum Gasteiger partial charge on any atom is 0.257 e. The molecule has 1 aliphatic rings. The van der Waals surface area contributed by atoms with Gasteiger partial charge >= 0.3 is 0 Å². The second kappa shape index (κ2) is 7.44. The van der Waals surface area contributed by atoms with Crippen molar-refractivity contribution in [3.63, 3.8) is 0 Å². The predicted octanol–water partition coefficient (Wildman–Crippen LogP) is 3.70. The summed E-state index contributed by atoms with van der Waals surface area (Å²) in [6, 6.07) is 9.06. The van der Waals surface area contributed by atoms with E-state index in [1.807, 2.05) is 0 Å². The fourth-order valence-corrected chi connectivity index (χ4v) is 4.43. The number of hydrogen-bond donors (Lipinski definition) is 2. The molecule has 0 aromatic heterocycles. The Balaban J connectivity index is 1.88. The number of benzene rings is 2. The fourth-order valence-electron chi connectivity index (χ4n) is 2.27. The molecule has 2 N–H and O–H groups in total. The van der Waals surface area contributed by atoms with Crippen LogP contribution in [0, 0.1) is 0 Å². The number of nitrogens with one attached hydrogen (secondary N) is 2. The van der Waals surface area contributed by atoms with Crippen LogP contribution in [0.4, 0.5) is 5.69 Å². The summed E-state index contributed by atoms with van der Waals surface area (Å²) in [4.78, 5) is 12.4. The number of rotatable bonds is 6. The van der Waals surface area contributed by atoms with Crippen molar-refractivity contribution in [2.75, 3.05) is 12.4 Å². The van der Waals surface area contributed by atoms with Crippen molar-refractivity contribution in [3.8, 4) is 5.75 Å². The quantitative estimate of drug-likeness (QED) is 0.754. The van der Waals surface area contributed by atoms with Crippen LogP contribution in [0.2, 0.25) is 10.0 Å². The first-order valence-corrected chi connectivity index (χ1v) is 10.0. The molecule has 0 spiro atoms. The van der Waals surface area contributed by atoms with E-state index in [1.54, 1.807) is 31.4 Å². The number of methoxy groups -OCH3 is 1. The molecule has 2 aromatic carbocycles. The Kier molecular flexibility index (Phi) is 5.43. The Bertz CT molecular complexity index is 942. The molecule has 3 rings (SSSR count). The minimum absolute atomic E-state index is 0.0167. The normalized spacial score (nSPS) is 14.1. The molecule has 0 saturated heterocycles. The zero-order valence-corrected chi connectivity index (χ0v) is 16.1. The molecule has 0 unspecified atom stereocenters. The standard InChI is InChI=1S/C17H16Cl2N2O4S/c1-25-12-6-4-10(5-7-12)20-17(22)13-8-16(15(19)9-14(13)18)26(23,24)21-11-2-3-11/h4-9,11,21H,2-3H2,1H3,(H,20,22). The van der Waals surface area contributed by atoms with Gasteiger partial charge in [-0.1, -0.05) is 23.2 Å². The van der Waals surface area contributed by atoms with Crippen molar-refractivity contribution >= 4 is 44.8 Å². The van der Waals surface area contributed by atoms with E-state index in [-0.39, 0.29) is 26.5 Å². The van der Waals surface area contributed by atoms with Crippen molar-refractivity contribution < 1.29 is 17.9 Å². The third kappa shape index (κ3) is 4.29. The number of amides is 1. The monoisotopic (exact) mass is 414 g/mol. The highest BCUT2D eigenvalue weighted by molar-refractivity contribution is 7.89. The van der Waals surface area contributed by atoms with Gasteiger partial charge in [0.1, 0.15) is 10.6 Å². The first-order valence-electron chi connectivity index (χ1n) is 7.77. The Morgan fingerprint density at radius 2 is 1.77 bits per heavy atom. The molecule has 1 aliphatic carbocycles. The van der Waals surface area contributed by atoms with Crippen molar-refractivity contribution in [2.45, 2.75) is 23.8 Å². The molecule has 9 heteroatoms. The van der Waals surface area contributed by atoms with Gasteiger partial charge in [-0.05, 0) is 49.2 Å². The van der Waals surface area contributed by atoms with Crippen molar-refractivity contribution in [1.82, 2.24) is 4.72 Å². The molecule has 0 heterocycles. The van der Waals surface area contributed by atoms with Crippen molar-refractivity contribution in [2.24, 2.45) is 0 Å². The Hall–Kier alpha value is -1.80. The molecule has 6 nitrogen and oxygen atoms in total. The largest absolute Gasteiger partial charge is 0.497 e. The van der Waals surface area contributed by atoms with Crippen molar-refractivity contribution in [3.05, 3.63) is 52.0 Å². The van der Waals surface area contributed by atoms with E-state index in [2.05, 4.69) is 10.0 Å². The maximum absolute atomic E-state index is 12.5. The summed E-state index contributed by atoms with van der Waals surface area (Å²) in [5.41, 5.74) is 0.533. The Morgan fingerprint density at radius 3 is 2.35 bits per heavy atom. The summed E-state index contributed by atoms with van der Waals surface area (Å²) >= 11 is 12.1. The highest BCUT2D eigenvalue weighted by Gasteiger charge is 2.30. The first kappa shape index (κ1) is 19.0. The smallest absolute Gasteiger partial charge is 0.257 e. The van der Waals surface area contributed by atoms with Gasteiger partial charge in [-0.25, -0.2) is 13.1 Å². The van der Waals surface area contributed by atoms with Gasteiger partial charge in [0.05, 0.1) is 22.7 Å². The highest BCUT2D eigenvalue weighted by Crippen LogP contribution is 2.31. The molecule has 138 valence electrons. The summed E-state index contributed by atoms with van der Waals surface area (Å²) in [6.07, 6.45) is 1.57. The van der Waals surface area contributed by atoms with E-state index in [9.17, 15) is 13.2 Å². The van der Waals surface area contributed by atoms with Gasteiger partial charge in [0, 0.05) is 11.7 Å². The SMILES string of the molecule is COc1ccc(NC(=O)c2cc(S(=O)(=O)NC3CC3)c(Cl)cc2Cl)cc1. The van der Waals surface area contributed by atoms with E-state index >= 15 is 0 Å². The van der Waals surface area contributed by atoms with Crippen LogP contribution in [0.3, 0.4) is 0 Å². The van der Waals surface area contributed by atoms with Crippen molar-refractivity contribution in [1.29, 1.82) is 0 Å². The minimum Gasteiger partial charge on any atom is -0.497 e. The van der Waals surface area contributed by atoms with Crippen LogP contribution in [-0.4, -0.2) is 27.5 Å². The van der Waals surface area contributed by atoms with E-state index in [0.29, 0.717) is 11.4 Å². The van der Waals surface area contributed by atoms with E-state index in [4.69, 9.17) is 27.9 Å². The van der Waals surface area contributed by atoms with Crippen LogP contribution in [0.1, 0.15) is 23.2 Å². The van der Waals surface area contributed by atoms with Gasteiger partial charge in [0.25, 0.3) is 5.91 Å². The Morgan fingerprint density at radius 1 is 1.12 bits per heavy atom. The van der Waals surface area contributed by atoms with Crippen LogP contribution in [0.5, 0.6) is 5.75 Å². The number of carbonyl (C=O) groups is 1. The number of sulfonamides is 1. The zero-order valence-electron chi connectivity index (χ0n) is 13.8. The van der Waals surface area contributed by atoms with Crippen LogP contribution < -0.4 is 14.8 Å². The number of anilines is 1. The molecule has 0 bridgehead atoms. The zero-order chi connectivity index (χ0) is 18.9. The summed E-state index contributed by atoms with van der Waals surface area (Å²) in [5.74, 6) is 0.103. The molecule has 1 saturated carbocycles. The van der Waals surface area contributed by atoms with Gasteiger partial charge in [-0.3, -0.25) is 4.79 Å². The lowest BCUT2D eigenvalue weighted by Gasteiger charge is -2.12. The third-order valence-electron chi connectivity index (χ3n) is 3.80. The highest BCUT2D eigenvalue weighted by atomic mass is 35.5. The lowest BCUT2D eigenvalue weighted by atomic mass is 10.2. The lowest BCUT2D eigenvalue weighted by Crippen LogP contribution is -2.26. The van der Waals surface area contributed by atoms with Gasteiger partial charge in [-0.15, -0.1) is 0 Å². The van der Waals surface area contributed by atoms with Crippen LogP contribution in [0.15, 0.2) is 41.3 Å². The molecule has 2 aromatic rings. The Labute approximate surface area is 161 Å². The second-order valence-electron chi connectivity index (χ2n) is 5.84. The van der Waals surface area contributed by atoms with E-state index in [0.717, 1.165) is 12.8 Å². The number of hydrogen-bond acceptors (Lipinski definition) is 4. The lowest BCUT2D eigenvalue weighted by molar-refractivity contribution is 0.102. The molecular weight excluding hydrogens is 399 g/mol. The molecule has 1 amide bonds.